The molecule has 3 aliphatic rings. The van der Waals surface area contributed by atoms with E-state index in [0.29, 0.717) is 5.56 Å². The molecule has 0 spiro atoms. The summed E-state index contributed by atoms with van der Waals surface area (Å²) in [5.41, 5.74) is 7.84. The number of hydrogen-bond acceptors (Lipinski definition) is 11. The zero-order valence-corrected chi connectivity index (χ0v) is 17.4. The first-order valence-electron chi connectivity index (χ1n) is 10.3. The van der Waals surface area contributed by atoms with Crippen molar-refractivity contribution in [3.8, 4) is 0 Å². The van der Waals surface area contributed by atoms with Crippen molar-refractivity contribution in [2.45, 2.75) is 24.5 Å². The van der Waals surface area contributed by atoms with E-state index in [0.717, 1.165) is 0 Å². The fourth-order valence-corrected chi connectivity index (χ4v) is 5.52. The summed E-state index contributed by atoms with van der Waals surface area (Å²) < 4.78 is 5.11. The molecule has 0 saturated heterocycles. The lowest BCUT2D eigenvalue weighted by molar-refractivity contribution is -0.146. The van der Waals surface area contributed by atoms with Crippen molar-refractivity contribution in [2.24, 2.45) is 17.6 Å². The Balaban J connectivity index is 1.76. The number of nitrogen functional groups attached to an aromatic ring is 1. The molecule has 1 aromatic heterocycles. The fraction of sp³-hybridized carbons (Fsp3) is 0.333. The number of benzene rings is 1. The van der Waals surface area contributed by atoms with Gasteiger partial charge in [0, 0.05) is 17.2 Å². The molecular formula is C21H20N4O9. The Hall–Kier alpha value is -3.94. The molecule has 1 heterocycles. The first-order chi connectivity index (χ1) is 16.0. The molecule has 0 aliphatic heterocycles. The summed E-state index contributed by atoms with van der Waals surface area (Å²) in [7, 11) is 0. The van der Waals surface area contributed by atoms with Crippen LogP contribution in [0.5, 0.6) is 0 Å². The van der Waals surface area contributed by atoms with Crippen molar-refractivity contribution >= 4 is 34.3 Å². The average molecular weight is 472 g/mol. The van der Waals surface area contributed by atoms with E-state index in [-0.39, 0.29) is 40.8 Å². The second-order valence-electron chi connectivity index (χ2n) is 8.61. The summed E-state index contributed by atoms with van der Waals surface area (Å²) >= 11 is 0. The van der Waals surface area contributed by atoms with Crippen LogP contribution in [-0.2, 0) is 16.0 Å². The van der Waals surface area contributed by atoms with Crippen LogP contribution < -0.4 is 22.5 Å². The highest BCUT2D eigenvalue weighted by Crippen LogP contribution is 2.51. The first-order valence-corrected chi connectivity index (χ1v) is 10.3. The smallest absolute Gasteiger partial charge is 0.417 e. The molecule has 5 rings (SSSR count). The van der Waals surface area contributed by atoms with Crippen LogP contribution in [0.2, 0.25) is 0 Å². The van der Waals surface area contributed by atoms with Crippen LogP contribution in [-0.4, -0.2) is 61.3 Å². The summed E-state index contributed by atoms with van der Waals surface area (Å²) in [4.78, 5) is 52.7. The molecule has 178 valence electrons. The minimum absolute atomic E-state index is 0.0803. The number of aromatic amines is 1. The molecule has 0 fully saturated rings. The van der Waals surface area contributed by atoms with E-state index in [1.165, 1.54) is 6.07 Å². The van der Waals surface area contributed by atoms with Crippen molar-refractivity contribution in [2.75, 3.05) is 12.5 Å². The Morgan fingerprint density at radius 1 is 1.29 bits per heavy atom. The molecule has 0 radical (unpaired) electrons. The number of fused-ring (bicyclic) bond motifs is 5. The van der Waals surface area contributed by atoms with E-state index in [4.69, 9.17) is 15.9 Å². The molecule has 4 atom stereocenters. The quantitative estimate of drug-likeness (QED) is 0.144. The van der Waals surface area contributed by atoms with Crippen molar-refractivity contribution in [3.05, 3.63) is 50.4 Å². The third-order valence-corrected chi connectivity index (χ3v) is 6.96. The molecule has 1 aromatic carbocycles. The molecule has 3 aliphatic carbocycles. The van der Waals surface area contributed by atoms with Crippen molar-refractivity contribution in [3.63, 3.8) is 0 Å². The standard InChI is InChI=1S/C21H20N4O9/c22-8-3-9-16(34-20(32)25-9)11-6(8)1-5-2-7-13(24-4-26)15(28)12(19(23)31)18(30)21(7,33)17(29)10(5)14(11)27/h3,5,7,13,24,26,28-29,33H,1-2,4,22H2,(H2,23,31)(H,25,32)/t5-,7-,13+,21-/m0/s1. The number of ketones is 2. The Morgan fingerprint density at radius 3 is 2.65 bits per heavy atom. The molecule has 10 N–H and O–H groups in total. The first kappa shape index (κ1) is 21.9. The van der Waals surface area contributed by atoms with Crippen LogP contribution >= 0.6 is 0 Å². The van der Waals surface area contributed by atoms with Gasteiger partial charge in [0.25, 0.3) is 5.91 Å². The maximum absolute atomic E-state index is 13.6. The lowest BCUT2D eigenvalue weighted by Gasteiger charge is -2.48. The number of anilines is 1. The maximum atomic E-state index is 13.6. The number of oxazole rings is 1. The number of nitrogens with one attached hydrogen (secondary N) is 2. The predicted molar refractivity (Wildman–Crippen MR) is 113 cm³/mol. The molecule has 0 saturated carbocycles. The normalized spacial score (nSPS) is 28.7. The Kier molecular flexibility index (Phi) is 4.52. The van der Waals surface area contributed by atoms with E-state index in [2.05, 4.69) is 10.3 Å². The Labute approximate surface area is 189 Å². The fourth-order valence-electron chi connectivity index (χ4n) is 5.52. The maximum Gasteiger partial charge on any atom is 0.417 e. The highest BCUT2D eigenvalue weighted by molar-refractivity contribution is 6.25. The zero-order valence-electron chi connectivity index (χ0n) is 17.4. The number of allylic oxidation sites excluding steroid dienone is 1. The number of rotatable bonds is 3. The predicted octanol–water partition coefficient (Wildman–Crippen LogP) is -1.59. The van der Waals surface area contributed by atoms with Crippen LogP contribution in [0.4, 0.5) is 5.69 Å². The van der Waals surface area contributed by atoms with Crippen molar-refractivity contribution in [1.29, 1.82) is 0 Å². The third kappa shape index (κ3) is 2.59. The van der Waals surface area contributed by atoms with Crippen molar-refractivity contribution in [1.82, 2.24) is 10.3 Å². The van der Waals surface area contributed by atoms with Gasteiger partial charge in [-0.1, -0.05) is 0 Å². The van der Waals surface area contributed by atoms with Gasteiger partial charge in [-0.05, 0) is 30.4 Å². The lowest BCUT2D eigenvalue weighted by atomic mass is 9.58. The van der Waals surface area contributed by atoms with Gasteiger partial charge in [0.2, 0.25) is 5.78 Å². The van der Waals surface area contributed by atoms with Gasteiger partial charge in [-0.15, -0.1) is 0 Å². The number of Topliss-reactive ketones (excluding diaryl/α,β-unsaturated/α-hetero) is 2. The number of nitrogens with two attached hydrogens (primary N) is 2. The molecule has 0 bridgehead atoms. The van der Waals surface area contributed by atoms with Gasteiger partial charge in [-0.3, -0.25) is 24.7 Å². The van der Waals surface area contributed by atoms with Gasteiger partial charge in [0.15, 0.2) is 17.0 Å². The largest absolute Gasteiger partial charge is 0.510 e. The number of H-pyrrole nitrogens is 1. The Bertz CT molecular complexity index is 1430. The summed E-state index contributed by atoms with van der Waals surface area (Å²) in [6.07, 6.45) is -0.0357. The van der Waals surface area contributed by atoms with E-state index in [9.17, 15) is 39.6 Å². The molecular weight excluding hydrogens is 452 g/mol. The number of aliphatic hydroxyl groups excluding tert-OH is 3. The Morgan fingerprint density at radius 2 is 2.00 bits per heavy atom. The molecule has 2 aromatic rings. The van der Waals surface area contributed by atoms with Gasteiger partial charge in [-0.25, -0.2) is 4.79 Å². The topological polar surface area (TPSA) is 242 Å². The van der Waals surface area contributed by atoms with Gasteiger partial charge < -0.3 is 36.3 Å². The SMILES string of the molecule is NC(=O)C1=C(O)[C@H](NCO)[C@@H]2C[C@@H]3Cc4c(N)cc5[nH]c(=O)oc5c4C(=O)C3=C(O)[C@]2(O)C1=O. The van der Waals surface area contributed by atoms with Gasteiger partial charge in [0.1, 0.15) is 17.1 Å². The van der Waals surface area contributed by atoms with E-state index in [1.54, 1.807) is 0 Å². The average Bonchev–Trinajstić information content (AvgIpc) is 3.13. The van der Waals surface area contributed by atoms with Crippen LogP contribution in [0.15, 0.2) is 37.9 Å². The second kappa shape index (κ2) is 7.03. The number of carbonyl (C=O) groups is 3. The summed E-state index contributed by atoms with van der Waals surface area (Å²) in [5.74, 6) is -8.17. The number of carbonyl (C=O) groups excluding carboxylic acids is 3. The van der Waals surface area contributed by atoms with Gasteiger partial charge >= 0.3 is 5.76 Å². The van der Waals surface area contributed by atoms with Crippen LogP contribution in [0, 0.1) is 11.8 Å². The molecule has 13 nitrogen and oxygen atoms in total. The zero-order chi connectivity index (χ0) is 24.7. The highest BCUT2D eigenvalue weighted by atomic mass is 16.4. The van der Waals surface area contributed by atoms with Gasteiger partial charge in [-0.2, -0.15) is 0 Å². The molecule has 34 heavy (non-hydrogen) atoms. The lowest BCUT2D eigenvalue weighted by Crippen LogP contribution is -2.64. The van der Waals surface area contributed by atoms with E-state index < -0.39 is 70.5 Å². The molecule has 0 unspecified atom stereocenters. The summed E-state index contributed by atoms with van der Waals surface area (Å²) in [6, 6.07) is 0.103. The number of hydrogen-bond donors (Lipinski definition) is 8. The van der Waals surface area contributed by atoms with Crippen molar-refractivity contribution < 1.29 is 39.2 Å². The minimum atomic E-state index is -2.79. The van der Waals surface area contributed by atoms with Crippen LogP contribution in [0.3, 0.4) is 0 Å². The summed E-state index contributed by atoms with van der Waals surface area (Å²) in [5, 5.41) is 45.0. The van der Waals surface area contributed by atoms with E-state index in [1.807, 2.05) is 0 Å². The number of primary amides is 1. The number of aliphatic hydroxyl groups is 4. The summed E-state index contributed by atoms with van der Waals surface area (Å²) in [6.45, 7) is -0.706. The van der Waals surface area contributed by atoms with Crippen LogP contribution in [0.1, 0.15) is 22.3 Å². The monoisotopic (exact) mass is 472 g/mol. The number of amides is 1. The van der Waals surface area contributed by atoms with Crippen LogP contribution in [0.25, 0.3) is 11.1 Å². The third-order valence-electron chi connectivity index (χ3n) is 6.96. The molecule has 13 heteroatoms. The highest BCUT2D eigenvalue weighted by Gasteiger charge is 2.62. The van der Waals surface area contributed by atoms with Gasteiger partial charge in [0.05, 0.1) is 23.9 Å². The number of aromatic nitrogens is 1. The molecule has 1 amide bonds. The minimum Gasteiger partial charge on any atom is -0.510 e. The van der Waals surface area contributed by atoms with E-state index >= 15 is 0 Å². The second-order valence-corrected chi connectivity index (χ2v) is 8.61.